The van der Waals surface area contributed by atoms with E-state index < -0.39 is 0 Å². The van der Waals surface area contributed by atoms with Gasteiger partial charge in [0, 0.05) is 38.0 Å². The molecule has 0 unspecified atom stereocenters. The quantitative estimate of drug-likeness (QED) is 0.916. The first-order valence-corrected chi connectivity index (χ1v) is 10.2. The van der Waals surface area contributed by atoms with Crippen LogP contribution in [-0.2, 0) is 19.4 Å². The van der Waals surface area contributed by atoms with Crippen LogP contribution in [0.3, 0.4) is 0 Å². The highest BCUT2D eigenvalue weighted by Crippen LogP contribution is 2.39. The van der Waals surface area contributed by atoms with Gasteiger partial charge in [-0.3, -0.25) is 0 Å². The molecule has 6 heteroatoms. The fraction of sp³-hybridized carbons (Fsp3) is 0.842. The normalized spacial score (nSPS) is 29.0. The van der Waals surface area contributed by atoms with Crippen LogP contribution >= 0.6 is 0 Å². The second-order valence-electron chi connectivity index (χ2n) is 8.08. The minimum atomic E-state index is 0.123. The van der Waals surface area contributed by atoms with Crippen molar-refractivity contribution in [3.05, 3.63) is 11.6 Å². The minimum absolute atomic E-state index is 0.123. The summed E-state index contributed by atoms with van der Waals surface area (Å²) in [5, 5.41) is 11.9. The van der Waals surface area contributed by atoms with E-state index in [1.165, 1.54) is 51.4 Å². The van der Waals surface area contributed by atoms with Gasteiger partial charge in [0.15, 0.2) is 0 Å². The molecular formula is C19H31N5O. The molecule has 1 aliphatic carbocycles. The lowest BCUT2D eigenvalue weighted by atomic mass is 9.85. The Morgan fingerprint density at radius 3 is 2.96 bits per heavy atom. The van der Waals surface area contributed by atoms with Crippen LogP contribution in [0.4, 0.5) is 4.79 Å². The number of likely N-dealkylation sites (tertiary alicyclic amines) is 1. The first kappa shape index (κ1) is 16.9. The van der Waals surface area contributed by atoms with Gasteiger partial charge in [-0.1, -0.05) is 19.3 Å². The summed E-state index contributed by atoms with van der Waals surface area (Å²) in [5.74, 6) is 2.88. The van der Waals surface area contributed by atoms with Gasteiger partial charge in [-0.25, -0.2) is 4.79 Å². The van der Waals surface area contributed by atoms with E-state index in [1.54, 1.807) is 0 Å². The Hall–Kier alpha value is -1.59. The van der Waals surface area contributed by atoms with Crippen LogP contribution in [0, 0.1) is 5.92 Å². The fourth-order valence-corrected chi connectivity index (χ4v) is 5.16. The van der Waals surface area contributed by atoms with Crippen LogP contribution in [0.15, 0.2) is 0 Å². The van der Waals surface area contributed by atoms with Gasteiger partial charge in [0.05, 0.1) is 0 Å². The Balaban J connectivity index is 1.33. The molecule has 0 radical (unpaired) electrons. The lowest BCUT2D eigenvalue weighted by Gasteiger charge is -2.33. The third kappa shape index (κ3) is 3.40. The molecule has 0 bridgehead atoms. The Morgan fingerprint density at radius 1 is 1.16 bits per heavy atom. The maximum atomic E-state index is 12.8. The molecule has 0 aromatic carbocycles. The lowest BCUT2D eigenvalue weighted by molar-refractivity contribution is 0.156. The number of aryl methyl sites for hydroxylation is 1. The summed E-state index contributed by atoms with van der Waals surface area (Å²) >= 11 is 0. The molecule has 1 saturated carbocycles. The number of amides is 2. The van der Waals surface area contributed by atoms with Crippen LogP contribution in [0.1, 0.15) is 69.9 Å². The predicted octanol–water partition coefficient (Wildman–Crippen LogP) is 2.91. The van der Waals surface area contributed by atoms with E-state index in [0.29, 0.717) is 18.6 Å². The molecule has 1 N–H and O–H groups in total. The zero-order chi connectivity index (χ0) is 17.2. The summed E-state index contributed by atoms with van der Waals surface area (Å²) in [6, 6.07) is 0.961. The molecule has 6 nitrogen and oxygen atoms in total. The summed E-state index contributed by atoms with van der Waals surface area (Å²) in [5.41, 5.74) is 0. The first-order chi connectivity index (χ1) is 12.2. The van der Waals surface area contributed by atoms with Crippen molar-refractivity contribution < 1.29 is 4.79 Å². The predicted molar refractivity (Wildman–Crippen MR) is 96.3 cm³/mol. The van der Waals surface area contributed by atoms with E-state index in [9.17, 15) is 4.79 Å². The molecule has 2 aliphatic heterocycles. The molecule has 25 heavy (non-hydrogen) atoms. The number of nitrogens with zero attached hydrogens (tertiary/aromatic N) is 4. The van der Waals surface area contributed by atoms with Crippen LogP contribution in [0.5, 0.6) is 0 Å². The third-order valence-electron chi connectivity index (χ3n) is 6.39. The molecule has 3 atom stereocenters. The maximum absolute atomic E-state index is 12.8. The van der Waals surface area contributed by atoms with Crippen molar-refractivity contribution in [1.82, 2.24) is 25.0 Å². The summed E-state index contributed by atoms with van der Waals surface area (Å²) in [4.78, 5) is 14.9. The average Bonchev–Trinajstić information content (AvgIpc) is 3.05. The van der Waals surface area contributed by atoms with E-state index in [-0.39, 0.29) is 6.03 Å². The number of rotatable bonds is 3. The summed E-state index contributed by atoms with van der Waals surface area (Å²) in [6.45, 7) is 3.88. The Kier molecular flexibility index (Phi) is 4.95. The second kappa shape index (κ2) is 7.34. The largest absolute Gasteiger partial charge is 0.338 e. The van der Waals surface area contributed by atoms with Gasteiger partial charge in [-0.05, 0) is 44.9 Å². The highest BCUT2D eigenvalue weighted by Gasteiger charge is 2.42. The zero-order valence-electron chi connectivity index (χ0n) is 15.4. The number of urea groups is 1. The van der Waals surface area contributed by atoms with E-state index in [1.807, 2.05) is 0 Å². The highest BCUT2D eigenvalue weighted by atomic mass is 16.2. The van der Waals surface area contributed by atoms with E-state index in [0.717, 1.165) is 37.0 Å². The number of nitrogens with one attached hydrogen (secondary N) is 1. The molecular weight excluding hydrogens is 314 g/mol. The van der Waals surface area contributed by atoms with Crippen molar-refractivity contribution in [2.75, 3.05) is 6.54 Å². The molecule has 1 aromatic rings. The van der Waals surface area contributed by atoms with Crippen molar-refractivity contribution in [3.8, 4) is 0 Å². The van der Waals surface area contributed by atoms with Gasteiger partial charge in [0.1, 0.15) is 11.6 Å². The minimum Gasteiger partial charge on any atom is -0.338 e. The van der Waals surface area contributed by atoms with Crippen molar-refractivity contribution in [1.29, 1.82) is 0 Å². The molecule has 4 rings (SSSR count). The number of aromatic nitrogens is 3. The Morgan fingerprint density at radius 2 is 2.04 bits per heavy atom. The van der Waals surface area contributed by atoms with Crippen molar-refractivity contribution >= 4 is 6.03 Å². The van der Waals surface area contributed by atoms with Crippen molar-refractivity contribution in [3.63, 3.8) is 0 Å². The molecule has 2 fully saturated rings. The summed E-state index contributed by atoms with van der Waals surface area (Å²) in [7, 11) is 0. The standard InChI is InChI=1S/C19H31N5O/c1-14-13-15-7-4-5-8-16(15)24(14)19(25)20-11-10-18-22-21-17-9-3-2-6-12-23(17)18/h14-16H,2-13H2,1H3,(H,20,25)/t14-,15-,16+/m1/s1. The number of hydrogen-bond acceptors (Lipinski definition) is 3. The van der Waals surface area contributed by atoms with Gasteiger partial charge >= 0.3 is 6.03 Å². The van der Waals surface area contributed by atoms with Crippen LogP contribution < -0.4 is 5.32 Å². The van der Waals surface area contributed by atoms with E-state index in [2.05, 4.69) is 31.9 Å². The lowest BCUT2D eigenvalue weighted by Crippen LogP contribution is -2.48. The average molecular weight is 345 g/mol. The molecule has 3 aliphatic rings. The molecule has 1 saturated heterocycles. The van der Waals surface area contributed by atoms with Crippen molar-refractivity contribution in [2.24, 2.45) is 5.92 Å². The topological polar surface area (TPSA) is 63.1 Å². The number of fused-ring (bicyclic) bond motifs is 2. The Labute approximate surface area is 150 Å². The van der Waals surface area contributed by atoms with Crippen molar-refractivity contribution in [2.45, 2.75) is 89.8 Å². The molecule has 138 valence electrons. The number of hydrogen-bond donors (Lipinski definition) is 1. The monoisotopic (exact) mass is 345 g/mol. The summed E-state index contributed by atoms with van der Waals surface area (Å²) < 4.78 is 2.27. The van der Waals surface area contributed by atoms with Gasteiger partial charge in [0.2, 0.25) is 0 Å². The van der Waals surface area contributed by atoms with Gasteiger partial charge in [0.25, 0.3) is 0 Å². The fourth-order valence-electron chi connectivity index (χ4n) is 5.16. The molecule has 3 heterocycles. The molecule has 1 aromatic heterocycles. The zero-order valence-corrected chi connectivity index (χ0v) is 15.4. The van der Waals surface area contributed by atoms with Gasteiger partial charge < -0.3 is 14.8 Å². The van der Waals surface area contributed by atoms with E-state index >= 15 is 0 Å². The van der Waals surface area contributed by atoms with E-state index in [4.69, 9.17) is 0 Å². The van der Waals surface area contributed by atoms with Crippen LogP contribution in [0.25, 0.3) is 0 Å². The summed E-state index contributed by atoms with van der Waals surface area (Å²) in [6.07, 6.45) is 11.8. The third-order valence-corrected chi connectivity index (χ3v) is 6.39. The SMILES string of the molecule is C[C@@H]1C[C@H]2CCCC[C@@H]2N1C(=O)NCCc1nnc2n1CCCCC2. The maximum Gasteiger partial charge on any atom is 0.317 e. The van der Waals surface area contributed by atoms with Crippen LogP contribution in [0.2, 0.25) is 0 Å². The van der Waals surface area contributed by atoms with Gasteiger partial charge in [-0.2, -0.15) is 0 Å². The first-order valence-electron chi connectivity index (χ1n) is 10.2. The second-order valence-corrected chi connectivity index (χ2v) is 8.08. The Bertz CT molecular complexity index is 613. The van der Waals surface area contributed by atoms with Crippen LogP contribution in [-0.4, -0.2) is 44.3 Å². The molecule has 0 spiro atoms. The smallest absolute Gasteiger partial charge is 0.317 e. The highest BCUT2D eigenvalue weighted by molar-refractivity contribution is 5.75. The number of carbonyl (C=O) groups excluding carboxylic acids is 1. The molecule has 2 amide bonds. The number of carbonyl (C=O) groups is 1. The van der Waals surface area contributed by atoms with Gasteiger partial charge in [-0.15, -0.1) is 10.2 Å².